The zero-order chi connectivity index (χ0) is 23.3. The number of rotatable bonds is 8. The van der Waals surface area contributed by atoms with Crippen molar-refractivity contribution in [3.05, 3.63) is 53.1 Å². The minimum absolute atomic E-state index is 0.117. The standard InChI is InChI=1S/C23H28N2O6S/c1-16-6-7-18(23(27)31-3)15-20(16)24-22(26)11-8-17-14-19(9-10-21(17)30-2)32(28,29)25-12-4-5-13-25/h6-7,9-10,14-15H,4-5,8,11-13H2,1-3H3,(H,24,26). The van der Waals surface area contributed by atoms with Gasteiger partial charge in [0, 0.05) is 25.2 Å². The molecule has 0 aliphatic carbocycles. The van der Waals surface area contributed by atoms with Crippen LogP contribution in [0, 0.1) is 6.92 Å². The highest BCUT2D eigenvalue weighted by Gasteiger charge is 2.27. The van der Waals surface area contributed by atoms with Crippen LogP contribution in [0.5, 0.6) is 5.75 Å². The first-order chi connectivity index (χ1) is 15.3. The maximum atomic E-state index is 12.9. The number of amides is 1. The zero-order valence-corrected chi connectivity index (χ0v) is 19.3. The summed E-state index contributed by atoms with van der Waals surface area (Å²) in [5.74, 6) is -0.215. The van der Waals surface area contributed by atoms with Gasteiger partial charge in [0.15, 0.2) is 0 Å². The predicted octanol–water partition coefficient (Wildman–Crippen LogP) is 3.15. The number of carbonyl (C=O) groups excluding carboxylic acids is 2. The number of carbonyl (C=O) groups is 2. The summed E-state index contributed by atoms with van der Waals surface area (Å²) in [6.45, 7) is 2.87. The van der Waals surface area contributed by atoms with Crippen molar-refractivity contribution in [2.75, 3.05) is 32.6 Å². The first-order valence-corrected chi connectivity index (χ1v) is 11.9. The molecule has 0 saturated carbocycles. The smallest absolute Gasteiger partial charge is 0.337 e. The van der Waals surface area contributed by atoms with E-state index in [9.17, 15) is 18.0 Å². The molecule has 32 heavy (non-hydrogen) atoms. The minimum Gasteiger partial charge on any atom is -0.496 e. The lowest BCUT2D eigenvalue weighted by atomic mass is 10.1. The molecule has 1 amide bonds. The molecule has 1 aliphatic rings. The van der Waals surface area contributed by atoms with Gasteiger partial charge in [0.05, 0.1) is 24.7 Å². The molecule has 0 atom stereocenters. The van der Waals surface area contributed by atoms with Crippen molar-refractivity contribution in [2.45, 2.75) is 37.5 Å². The van der Waals surface area contributed by atoms with Crippen LogP contribution < -0.4 is 10.1 Å². The summed E-state index contributed by atoms with van der Waals surface area (Å²) >= 11 is 0. The average molecular weight is 461 g/mol. The molecule has 0 radical (unpaired) electrons. The van der Waals surface area contributed by atoms with Gasteiger partial charge in [-0.05, 0) is 67.6 Å². The summed E-state index contributed by atoms with van der Waals surface area (Å²) < 4.78 is 37.3. The number of aryl methyl sites for hydroxylation is 2. The van der Waals surface area contributed by atoms with Crippen LogP contribution in [0.1, 0.15) is 40.7 Å². The number of methoxy groups -OCH3 is 2. The van der Waals surface area contributed by atoms with Gasteiger partial charge in [-0.2, -0.15) is 4.31 Å². The fraction of sp³-hybridized carbons (Fsp3) is 0.391. The van der Waals surface area contributed by atoms with Crippen LogP contribution in [0.2, 0.25) is 0 Å². The van der Waals surface area contributed by atoms with E-state index in [1.807, 2.05) is 6.92 Å². The van der Waals surface area contributed by atoms with E-state index >= 15 is 0 Å². The van der Waals surface area contributed by atoms with Crippen molar-refractivity contribution in [3.8, 4) is 5.75 Å². The third kappa shape index (κ3) is 5.28. The fourth-order valence-corrected chi connectivity index (χ4v) is 5.22. The highest BCUT2D eigenvalue weighted by atomic mass is 32.2. The second kappa shape index (κ2) is 10.1. The lowest BCUT2D eigenvalue weighted by molar-refractivity contribution is -0.116. The largest absolute Gasteiger partial charge is 0.496 e. The topological polar surface area (TPSA) is 102 Å². The van der Waals surface area contributed by atoms with Crippen molar-refractivity contribution in [1.29, 1.82) is 0 Å². The number of anilines is 1. The molecule has 3 rings (SSSR count). The number of hydrogen-bond acceptors (Lipinski definition) is 6. The molecule has 2 aromatic carbocycles. The Morgan fingerprint density at radius 3 is 2.44 bits per heavy atom. The highest BCUT2D eigenvalue weighted by molar-refractivity contribution is 7.89. The number of benzene rings is 2. The molecule has 0 aromatic heterocycles. The average Bonchev–Trinajstić information content (AvgIpc) is 3.34. The highest BCUT2D eigenvalue weighted by Crippen LogP contribution is 2.27. The van der Waals surface area contributed by atoms with Gasteiger partial charge in [0.2, 0.25) is 15.9 Å². The fourth-order valence-electron chi connectivity index (χ4n) is 3.65. The van der Waals surface area contributed by atoms with Crippen molar-refractivity contribution >= 4 is 27.6 Å². The summed E-state index contributed by atoms with van der Waals surface area (Å²) in [7, 11) is -0.754. The molecular weight excluding hydrogens is 432 g/mol. The monoisotopic (exact) mass is 460 g/mol. The molecule has 1 heterocycles. The summed E-state index contributed by atoms with van der Waals surface area (Å²) in [6, 6.07) is 9.69. The Morgan fingerprint density at radius 1 is 1.06 bits per heavy atom. The van der Waals surface area contributed by atoms with E-state index in [2.05, 4.69) is 5.32 Å². The van der Waals surface area contributed by atoms with E-state index in [1.165, 1.54) is 24.6 Å². The lowest BCUT2D eigenvalue weighted by Crippen LogP contribution is -2.28. The summed E-state index contributed by atoms with van der Waals surface area (Å²) in [5, 5.41) is 2.81. The molecule has 172 valence electrons. The second-order valence-electron chi connectivity index (χ2n) is 7.65. The van der Waals surface area contributed by atoms with Gasteiger partial charge in [0.1, 0.15) is 5.75 Å². The van der Waals surface area contributed by atoms with Gasteiger partial charge >= 0.3 is 5.97 Å². The van der Waals surface area contributed by atoms with Gasteiger partial charge in [0.25, 0.3) is 0 Å². The van der Waals surface area contributed by atoms with Crippen LogP contribution in [0.25, 0.3) is 0 Å². The van der Waals surface area contributed by atoms with Gasteiger partial charge in [-0.15, -0.1) is 0 Å². The van der Waals surface area contributed by atoms with Crippen LogP contribution in [0.15, 0.2) is 41.3 Å². The maximum absolute atomic E-state index is 12.9. The van der Waals surface area contributed by atoms with E-state index in [0.717, 1.165) is 18.4 Å². The molecule has 0 spiro atoms. The van der Waals surface area contributed by atoms with Crippen LogP contribution in [-0.2, 0) is 26.0 Å². The Bertz CT molecular complexity index is 1110. The van der Waals surface area contributed by atoms with Crippen molar-refractivity contribution < 1.29 is 27.5 Å². The number of hydrogen-bond donors (Lipinski definition) is 1. The molecule has 9 heteroatoms. The third-order valence-electron chi connectivity index (χ3n) is 5.51. The van der Waals surface area contributed by atoms with Crippen molar-refractivity contribution in [1.82, 2.24) is 4.31 Å². The van der Waals surface area contributed by atoms with E-state index < -0.39 is 16.0 Å². The number of nitrogens with zero attached hydrogens (tertiary/aromatic N) is 1. The third-order valence-corrected chi connectivity index (χ3v) is 7.40. The van der Waals surface area contributed by atoms with Gasteiger partial charge in [-0.25, -0.2) is 13.2 Å². The van der Waals surface area contributed by atoms with Crippen LogP contribution in [0.3, 0.4) is 0 Å². The molecule has 8 nitrogen and oxygen atoms in total. The Balaban J connectivity index is 1.73. The van der Waals surface area contributed by atoms with E-state index in [0.29, 0.717) is 42.1 Å². The molecular formula is C23H28N2O6S. The number of esters is 1. The zero-order valence-electron chi connectivity index (χ0n) is 18.5. The Hall–Kier alpha value is -2.91. The van der Waals surface area contributed by atoms with Crippen LogP contribution >= 0.6 is 0 Å². The predicted molar refractivity (Wildman–Crippen MR) is 120 cm³/mol. The van der Waals surface area contributed by atoms with Gasteiger partial charge in [-0.1, -0.05) is 6.07 Å². The van der Waals surface area contributed by atoms with E-state index in [4.69, 9.17) is 9.47 Å². The van der Waals surface area contributed by atoms with Crippen molar-refractivity contribution in [3.63, 3.8) is 0 Å². The molecule has 1 fully saturated rings. The SMILES string of the molecule is COC(=O)c1ccc(C)c(NC(=O)CCc2cc(S(=O)(=O)N3CCCC3)ccc2OC)c1. The first kappa shape index (κ1) is 23.7. The molecule has 2 aromatic rings. The molecule has 0 unspecified atom stereocenters. The Kier molecular flexibility index (Phi) is 7.52. The number of sulfonamides is 1. The van der Waals surface area contributed by atoms with E-state index in [1.54, 1.807) is 30.3 Å². The van der Waals surface area contributed by atoms with Gasteiger partial charge in [-0.3, -0.25) is 4.79 Å². The first-order valence-electron chi connectivity index (χ1n) is 10.4. The lowest BCUT2D eigenvalue weighted by Gasteiger charge is -2.17. The molecule has 0 bridgehead atoms. The molecule has 1 aliphatic heterocycles. The minimum atomic E-state index is -3.56. The quantitative estimate of drug-likeness (QED) is 0.607. The van der Waals surface area contributed by atoms with Crippen molar-refractivity contribution in [2.24, 2.45) is 0 Å². The summed E-state index contributed by atoms with van der Waals surface area (Å²) in [5.41, 5.74) is 2.32. The Morgan fingerprint density at radius 2 is 1.78 bits per heavy atom. The second-order valence-corrected chi connectivity index (χ2v) is 9.59. The maximum Gasteiger partial charge on any atom is 0.337 e. The molecule has 1 N–H and O–H groups in total. The van der Waals surface area contributed by atoms with Gasteiger partial charge < -0.3 is 14.8 Å². The normalized spacial score (nSPS) is 14.2. The molecule has 1 saturated heterocycles. The summed E-state index contributed by atoms with van der Waals surface area (Å²) in [4.78, 5) is 24.5. The van der Waals surface area contributed by atoms with E-state index in [-0.39, 0.29) is 17.2 Å². The Labute approximate surface area is 188 Å². The number of nitrogens with one attached hydrogen (secondary N) is 1. The van der Waals surface area contributed by atoms with Crippen LogP contribution in [0.4, 0.5) is 5.69 Å². The van der Waals surface area contributed by atoms with Crippen LogP contribution in [-0.4, -0.2) is 51.9 Å². The summed E-state index contributed by atoms with van der Waals surface area (Å²) in [6.07, 6.45) is 2.14. The number of ether oxygens (including phenoxy) is 2.